The van der Waals surface area contributed by atoms with Gasteiger partial charge in [0.2, 0.25) is 0 Å². The molecule has 314 valence electrons. The number of nitrogens with zero attached hydrogens (tertiary/aromatic N) is 2. The molecular weight excluding hydrogens is 808 g/mol. The molecule has 0 saturated carbocycles. The Labute approximate surface area is 389 Å². The minimum atomic E-state index is -0.0320. The van der Waals surface area contributed by atoms with Crippen LogP contribution < -0.4 is 16.4 Å². The van der Waals surface area contributed by atoms with Crippen molar-refractivity contribution in [2.75, 3.05) is 0 Å². The summed E-state index contributed by atoms with van der Waals surface area (Å²) >= 11 is 0. The fourth-order valence-corrected chi connectivity index (χ4v) is 12.8. The van der Waals surface area contributed by atoms with Crippen molar-refractivity contribution in [2.45, 2.75) is 40.0 Å². The van der Waals surface area contributed by atoms with E-state index in [9.17, 15) is 0 Å². The van der Waals surface area contributed by atoms with E-state index in [0.717, 1.165) is 0 Å². The van der Waals surface area contributed by atoms with Gasteiger partial charge in [0.25, 0.3) is 6.71 Å². The van der Waals surface area contributed by atoms with E-state index in [-0.39, 0.29) is 12.1 Å². The molecule has 0 aliphatic carbocycles. The molecule has 0 atom stereocenters. The van der Waals surface area contributed by atoms with Crippen molar-refractivity contribution in [3.8, 4) is 33.6 Å². The molecule has 67 heavy (non-hydrogen) atoms. The molecule has 3 heteroatoms. The van der Waals surface area contributed by atoms with Gasteiger partial charge < -0.3 is 9.13 Å². The number of fused-ring (bicyclic) bond motifs is 16. The van der Waals surface area contributed by atoms with Gasteiger partial charge in [0.15, 0.2) is 0 Å². The van der Waals surface area contributed by atoms with Crippen LogP contribution in [0.2, 0.25) is 0 Å². The maximum absolute atomic E-state index is 2.69. The molecular formula is C64H45BN2. The lowest BCUT2D eigenvalue weighted by atomic mass is 9.33. The Hall–Kier alpha value is -7.88. The Balaban J connectivity index is 1.19. The third-order valence-corrected chi connectivity index (χ3v) is 15.7. The lowest BCUT2D eigenvalue weighted by Gasteiger charge is -2.35. The lowest BCUT2D eigenvalue weighted by molar-refractivity contribution is 0.591. The summed E-state index contributed by atoms with van der Waals surface area (Å²) in [6, 6.07) is 70.0. The second-order valence-corrected chi connectivity index (χ2v) is 20.6. The molecule has 0 spiro atoms. The average molecular weight is 853 g/mol. The van der Waals surface area contributed by atoms with E-state index in [4.69, 9.17) is 0 Å². The van der Waals surface area contributed by atoms with Gasteiger partial charge in [0.1, 0.15) is 0 Å². The molecule has 11 aromatic carbocycles. The maximum Gasteiger partial charge on any atom is 0.253 e. The number of aryl methyl sites for hydroxylation is 2. The summed E-state index contributed by atoms with van der Waals surface area (Å²) in [7, 11) is 0. The largest absolute Gasteiger partial charge is 0.310 e. The highest BCUT2D eigenvalue weighted by Crippen LogP contribution is 2.48. The number of aromatic nitrogens is 2. The van der Waals surface area contributed by atoms with E-state index in [1.807, 2.05) is 0 Å². The first kappa shape index (κ1) is 37.4. The van der Waals surface area contributed by atoms with E-state index in [2.05, 4.69) is 226 Å². The number of benzene rings is 11. The Morgan fingerprint density at radius 2 is 0.970 bits per heavy atom. The van der Waals surface area contributed by atoms with Gasteiger partial charge in [0.05, 0.1) is 11.0 Å². The van der Waals surface area contributed by atoms with Crippen LogP contribution in [0, 0.1) is 13.8 Å². The first-order chi connectivity index (χ1) is 32.7. The zero-order chi connectivity index (χ0) is 44.6. The van der Waals surface area contributed by atoms with Crippen molar-refractivity contribution in [1.82, 2.24) is 9.13 Å². The summed E-state index contributed by atoms with van der Waals surface area (Å²) in [5.41, 5.74) is 20.8. The van der Waals surface area contributed by atoms with Crippen LogP contribution in [0.25, 0.3) is 120 Å². The average Bonchev–Trinajstić information content (AvgIpc) is 3.85. The Bertz CT molecular complexity index is 4330. The zero-order valence-corrected chi connectivity index (χ0v) is 38.3. The van der Waals surface area contributed by atoms with Crippen LogP contribution in [0.1, 0.15) is 37.5 Å². The summed E-state index contributed by atoms with van der Waals surface area (Å²) in [5.74, 6) is 0. The quantitative estimate of drug-likeness (QED) is 0.0931. The number of rotatable bonds is 2. The van der Waals surface area contributed by atoms with Gasteiger partial charge in [-0.3, -0.25) is 0 Å². The molecule has 0 N–H and O–H groups in total. The van der Waals surface area contributed by atoms with E-state index >= 15 is 0 Å². The standard InChI is InChI=1S/C64H45BN2/c1-36-23-28-54-50(29-36)51-30-37(2)31-53-62(51)66(54)56-32-40(59-46-21-13-11-19-44(46)58(39-16-7-6-8-17-39)45-20-12-14-22-47(45)59)33-57-61(56)65(53)60-48-26-24-38-15-9-10-18-42(38)49(48)35-52-43-27-25-41(64(3,4)5)34-55(43)67(57)63(52)60/h6-35H,1-5H3. The number of hydrogen-bond acceptors (Lipinski definition) is 0. The third kappa shape index (κ3) is 4.86. The van der Waals surface area contributed by atoms with Crippen molar-refractivity contribution >= 4 is 110 Å². The SMILES string of the molecule is Cc1ccc2c(c1)c1cc(C)cc3c1n2-c1cc(-c2c4ccccc4c(-c4ccccc4)c4ccccc24)cc2c1B3c1c3ccc4ccccc4c3cc3c4ccc(C(C)(C)C)cc4n-2c13. The van der Waals surface area contributed by atoms with E-state index in [0.29, 0.717) is 0 Å². The van der Waals surface area contributed by atoms with Crippen LogP contribution in [0.5, 0.6) is 0 Å². The van der Waals surface area contributed by atoms with Gasteiger partial charge in [-0.2, -0.15) is 0 Å². The molecule has 2 nitrogen and oxygen atoms in total. The molecule has 0 unspecified atom stereocenters. The van der Waals surface area contributed by atoms with Crippen LogP contribution in [-0.2, 0) is 5.41 Å². The highest BCUT2D eigenvalue weighted by molar-refractivity contribution is 7.01. The Kier molecular flexibility index (Phi) is 7.21. The third-order valence-electron chi connectivity index (χ3n) is 15.7. The molecule has 0 bridgehead atoms. The minimum absolute atomic E-state index is 0.000403. The second kappa shape index (κ2) is 12.9. The summed E-state index contributed by atoms with van der Waals surface area (Å²) in [5, 5.41) is 15.6. The van der Waals surface area contributed by atoms with Gasteiger partial charge in [-0.15, -0.1) is 0 Å². The molecule has 2 aromatic heterocycles. The molecule has 13 aromatic rings. The van der Waals surface area contributed by atoms with E-state index in [1.165, 1.54) is 153 Å². The van der Waals surface area contributed by atoms with Crippen LogP contribution in [0.15, 0.2) is 182 Å². The van der Waals surface area contributed by atoms with Gasteiger partial charge in [-0.1, -0.05) is 171 Å². The Morgan fingerprint density at radius 3 is 1.67 bits per heavy atom. The monoisotopic (exact) mass is 852 g/mol. The predicted octanol–water partition coefficient (Wildman–Crippen LogP) is 14.9. The fourth-order valence-electron chi connectivity index (χ4n) is 12.8. The van der Waals surface area contributed by atoms with E-state index in [1.54, 1.807) is 0 Å². The topological polar surface area (TPSA) is 9.86 Å². The highest BCUT2D eigenvalue weighted by Gasteiger charge is 2.43. The fraction of sp³-hybridized carbons (Fsp3) is 0.0938. The summed E-state index contributed by atoms with van der Waals surface area (Å²) in [6.07, 6.45) is 0. The van der Waals surface area contributed by atoms with Crippen molar-refractivity contribution in [2.24, 2.45) is 0 Å². The van der Waals surface area contributed by atoms with Crippen LogP contribution in [0.4, 0.5) is 0 Å². The van der Waals surface area contributed by atoms with Gasteiger partial charge >= 0.3 is 0 Å². The molecule has 0 radical (unpaired) electrons. The highest BCUT2D eigenvalue weighted by atomic mass is 15.0. The summed E-state index contributed by atoms with van der Waals surface area (Å²) < 4.78 is 5.34. The first-order valence-electron chi connectivity index (χ1n) is 23.9. The predicted molar refractivity (Wildman–Crippen MR) is 289 cm³/mol. The second-order valence-electron chi connectivity index (χ2n) is 20.6. The van der Waals surface area contributed by atoms with Crippen LogP contribution in [-0.4, -0.2) is 15.8 Å². The molecule has 0 saturated heterocycles. The zero-order valence-electron chi connectivity index (χ0n) is 38.3. The van der Waals surface area contributed by atoms with E-state index < -0.39 is 0 Å². The molecule has 4 heterocycles. The van der Waals surface area contributed by atoms with Gasteiger partial charge in [0, 0.05) is 44.0 Å². The molecule has 2 aliphatic heterocycles. The van der Waals surface area contributed by atoms with Crippen molar-refractivity contribution < 1.29 is 0 Å². The Morgan fingerprint density at radius 1 is 0.373 bits per heavy atom. The van der Waals surface area contributed by atoms with Crippen molar-refractivity contribution in [3.05, 3.63) is 199 Å². The summed E-state index contributed by atoms with van der Waals surface area (Å²) in [4.78, 5) is 0. The van der Waals surface area contributed by atoms with Gasteiger partial charge in [-0.05, 0) is 149 Å². The minimum Gasteiger partial charge on any atom is -0.310 e. The lowest BCUT2D eigenvalue weighted by Crippen LogP contribution is -2.59. The summed E-state index contributed by atoms with van der Waals surface area (Å²) in [6.45, 7) is 11.6. The van der Waals surface area contributed by atoms with Crippen molar-refractivity contribution in [3.63, 3.8) is 0 Å². The molecule has 2 aliphatic rings. The normalized spacial score (nSPS) is 13.1. The maximum atomic E-state index is 2.69. The first-order valence-corrected chi connectivity index (χ1v) is 23.9. The van der Waals surface area contributed by atoms with Crippen LogP contribution >= 0.6 is 0 Å². The molecule has 0 amide bonds. The molecule has 15 rings (SSSR count). The smallest absolute Gasteiger partial charge is 0.253 e. The van der Waals surface area contributed by atoms with Gasteiger partial charge in [-0.25, -0.2) is 0 Å². The van der Waals surface area contributed by atoms with Crippen molar-refractivity contribution in [1.29, 1.82) is 0 Å². The van der Waals surface area contributed by atoms with Crippen LogP contribution in [0.3, 0.4) is 0 Å². The molecule has 0 fully saturated rings. The number of hydrogen-bond donors (Lipinski definition) is 0.